The maximum atomic E-state index is 6.32. The van der Waals surface area contributed by atoms with Crippen molar-refractivity contribution in [3.63, 3.8) is 0 Å². The summed E-state index contributed by atoms with van der Waals surface area (Å²) in [5.41, 5.74) is 6.92. The van der Waals surface area contributed by atoms with Crippen LogP contribution < -0.4 is 0 Å². The Hall–Kier alpha value is -2.75. The van der Waals surface area contributed by atoms with E-state index in [1.165, 1.54) is 32.3 Å². The number of fused-ring (bicyclic) bond motifs is 3. The Morgan fingerprint density at radius 1 is 0.750 bits per heavy atom. The minimum Gasteiger partial charge on any atom is -0.217 e. The fraction of sp³-hybridized carbons (Fsp3) is 0.0833. The second kappa shape index (κ2) is 6.69. The molecule has 0 unspecified atom stereocenters. The Morgan fingerprint density at radius 2 is 1.46 bits per heavy atom. The molecule has 0 fully saturated rings. The zero-order valence-corrected chi connectivity index (χ0v) is 17.1. The van der Waals surface area contributed by atoms with Gasteiger partial charge in [-0.2, -0.15) is 0 Å². The lowest BCUT2D eigenvalue weighted by Crippen LogP contribution is -1.94. The molecule has 5 rings (SSSR count). The third-order valence-electron chi connectivity index (χ3n) is 5.24. The van der Waals surface area contributed by atoms with Gasteiger partial charge in [0, 0.05) is 21.0 Å². The van der Waals surface area contributed by atoms with Gasteiger partial charge in [-0.1, -0.05) is 60.7 Å². The van der Waals surface area contributed by atoms with Crippen LogP contribution in [-0.2, 0) is 0 Å². The first-order chi connectivity index (χ1) is 13.6. The number of aryl methyl sites for hydroxylation is 1. The van der Waals surface area contributed by atoms with Crippen molar-refractivity contribution in [2.45, 2.75) is 13.8 Å². The van der Waals surface area contributed by atoms with E-state index in [4.69, 9.17) is 11.6 Å². The van der Waals surface area contributed by atoms with Crippen molar-refractivity contribution in [1.82, 2.24) is 9.97 Å². The zero-order chi connectivity index (χ0) is 19.3. The Kier molecular flexibility index (Phi) is 4.15. The summed E-state index contributed by atoms with van der Waals surface area (Å²) >= 11 is 7.98. The van der Waals surface area contributed by atoms with E-state index < -0.39 is 0 Å². The number of halogens is 1. The maximum absolute atomic E-state index is 6.32. The van der Waals surface area contributed by atoms with E-state index in [0.29, 0.717) is 0 Å². The minimum absolute atomic E-state index is 0.287. The standard InChI is InChI=1S/C24H17ClN2S/c1-14-8-3-4-9-16(14)17-11-7-12-18(15(17)2)22-21-19-10-5-6-13-20(19)28-23(21)27-24(25)26-22/h3-13H,1-2H3. The number of nitrogens with zero attached hydrogens (tertiary/aromatic N) is 2. The monoisotopic (exact) mass is 400 g/mol. The van der Waals surface area contributed by atoms with Gasteiger partial charge in [0.05, 0.1) is 5.69 Å². The predicted molar refractivity (Wildman–Crippen MR) is 120 cm³/mol. The van der Waals surface area contributed by atoms with Crippen molar-refractivity contribution in [1.29, 1.82) is 0 Å². The molecule has 0 aliphatic heterocycles. The third-order valence-corrected chi connectivity index (χ3v) is 6.47. The van der Waals surface area contributed by atoms with Gasteiger partial charge in [0.15, 0.2) is 0 Å². The summed E-state index contributed by atoms with van der Waals surface area (Å²) in [6.07, 6.45) is 0. The molecule has 0 atom stereocenters. The molecule has 3 aromatic carbocycles. The summed E-state index contributed by atoms with van der Waals surface area (Å²) < 4.78 is 1.20. The molecule has 0 amide bonds. The highest BCUT2D eigenvalue weighted by molar-refractivity contribution is 7.25. The molecule has 0 saturated heterocycles. The molecule has 2 nitrogen and oxygen atoms in total. The topological polar surface area (TPSA) is 25.8 Å². The van der Waals surface area contributed by atoms with Gasteiger partial charge in [-0.25, -0.2) is 9.97 Å². The third kappa shape index (κ3) is 2.70. The quantitative estimate of drug-likeness (QED) is 0.287. The molecule has 28 heavy (non-hydrogen) atoms. The maximum Gasteiger partial charge on any atom is 0.224 e. The Labute approximate surface area is 172 Å². The van der Waals surface area contributed by atoms with E-state index >= 15 is 0 Å². The smallest absolute Gasteiger partial charge is 0.217 e. The highest BCUT2D eigenvalue weighted by Gasteiger charge is 2.18. The Morgan fingerprint density at radius 3 is 2.32 bits per heavy atom. The molecule has 2 heterocycles. The lowest BCUT2D eigenvalue weighted by atomic mass is 9.92. The average molecular weight is 401 g/mol. The van der Waals surface area contributed by atoms with Gasteiger partial charge in [0.1, 0.15) is 4.83 Å². The summed E-state index contributed by atoms with van der Waals surface area (Å²) in [7, 11) is 0. The molecule has 4 heteroatoms. The van der Waals surface area contributed by atoms with Crippen LogP contribution >= 0.6 is 22.9 Å². The first kappa shape index (κ1) is 17.4. The van der Waals surface area contributed by atoms with Crippen LogP contribution in [0.1, 0.15) is 11.1 Å². The van der Waals surface area contributed by atoms with Crippen LogP contribution in [0.4, 0.5) is 0 Å². The van der Waals surface area contributed by atoms with E-state index in [0.717, 1.165) is 21.5 Å². The van der Waals surface area contributed by atoms with Crippen LogP contribution in [-0.4, -0.2) is 9.97 Å². The summed E-state index contributed by atoms with van der Waals surface area (Å²) in [6, 6.07) is 23.2. The van der Waals surface area contributed by atoms with Crippen molar-refractivity contribution in [2.75, 3.05) is 0 Å². The largest absolute Gasteiger partial charge is 0.224 e. The molecule has 0 bridgehead atoms. The summed E-state index contributed by atoms with van der Waals surface area (Å²) in [5.74, 6) is 0. The van der Waals surface area contributed by atoms with E-state index in [1.54, 1.807) is 11.3 Å². The van der Waals surface area contributed by atoms with Gasteiger partial charge >= 0.3 is 0 Å². The van der Waals surface area contributed by atoms with Gasteiger partial charge in [-0.15, -0.1) is 11.3 Å². The first-order valence-corrected chi connectivity index (χ1v) is 10.3. The van der Waals surface area contributed by atoms with Crippen molar-refractivity contribution in [3.8, 4) is 22.4 Å². The van der Waals surface area contributed by atoms with Crippen molar-refractivity contribution < 1.29 is 0 Å². The number of benzene rings is 3. The van der Waals surface area contributed by atoms with Crippen LogP contribution in [0, 0.1) is 13.8 Å². The zero-order valence-electron chi connectivity index (χ0n) is 15.5. The number of hydrogen-bond acceptors (Lipinski definition) is 3. The lowest BCUT2D eigenvalue weighted by Gasteiger charge is -2.14. The van der Waals surface area contributed by atoms with Crippen LogP contribution in [0.2, 0.25) is 5.28 Å². The van der Waals surface area contributed by atoms with Crippen LogP contribution in [0.25, 0.3) is 42.7 Å². The van der Waals surface area contributed by atoms with Gasteiger partial charge < -0.3 is 0 Å². The van der Waals surface area contributed by atoms with E-state index in [9.17, 15) is 0 Å². The average Bonchev–Trinajstić information content (AvgIpc) is 3.06. The molecule has 0 aliphatic rings. The highest BCUT2D eigenvalue weighted by atomic mass is 35.5. The first-order valence-electron chi connectivity index (χ1n) is 9.14. The molecule has 0 spiro atoms. The van der Waals surface area contributed by atoms with Gasteiger partial charge in [0.2, 0.25) is 5.28 Å². The van der Waals surface area contributed by atoms with Gasteiger partial charge in [0.25, 0.3) is 0 Å². The molecule has 0 radical (unpaired) electrons. The van der Waals surface area contributed by atoms with Gasteiger partial charge in [-0.05, 0) is 53.8 Å². The fourth-order valence-corrected chi connectivity index (χ4v) is 5.15. The molecule has 5 aromatic rings. The Balaban J connectivity index is 1.84. The summed E-state index contributed by atoms with van der Waals surface area (Å²) in [6.45, 7) is 4.31. The van der Waals surface area contributed by atoms with Crippen LogP contribution in [0.5, 0.6) is 0 Å². The molecule has 0 aliphatic carbocycles. The van der Waals surface area contributed by atoms with Gasteiger partial charge in [-0.3, -0.25) is 0 Å². The lowest BCUT2D eigenvalue weighted by molar-refractivity contribution is 1.23. The van der Waals surface area contributed by atoms with E-state index in [2.05, 4.69) is 90.5 Å². The highest BCUT2D eigenvalue weighted by Crippen LogP contribution is 2.41. The molecular weight excluding hydrogens is 384 g/mol. The number of hydrogen-bond donors (Lipinski definition) is 0. The second-order valence-electron chi connectivity index (χ2n) is 6.91. The van der Waals surface area contributed by atoms with Crippen molar-refractivity contribution in [2.24, 2.45) is 0 Å². The van der Waals surface area contributed by atoms with E-state index in [1.807, 2.05) is 0 Å². The summed E-state index contributed by atoms with van der Waals surface area (Å²) in [5, 5.41) is 2.54. The minimum atomic E-state index is 0.287. The summed E-state index contributed by atoms with van der Waals surface area (Å²) in [4.78, 5) is 10.1. The molecular formula is C24H17ClN2S. The second-order valence-corrected chi connectivity index (χ2v) is 8.28. The molecule has 136 valence electrons. The van der Waals surface area contributed by atoms with Crippen LogP contribution in [0.15, 0.2) is 66.7 Å². The SMILES string of the molecule is Cc1ccccc1-c1cccc(-c2nc(Cl)nc3sc4ccccc4c23)c1C. The van der Waals surface area contributed by atoms with Crippen molar-refractivity contribution >= 4 is 43.2 Å². The number of aromatic nitrogens is 2. The molecule has 0 saturated carbocycles. The fourth-order valence-electron chi connectivity index (χ4n) is 3.85. The van der Waals surface area contributed by atoms with Crippen LogP contribution in [0.3, 0.4) is 0 Å². The molecule has 2 aromatic heterocycles. The Bertz CT molecular complexity index is 1350. The van der Waals surface area contributed by atoms with E-state index in [-0.39, 0.29) is 5.28 Å². The van der Waals surface area contributed by atoms with Crippen molar-refractivity contribution in [3.05, 3.63) is 83.1 Å². The number of thiophene rings is 1. The normalized spacial score (nSPS) is 11.4. The molecule has 0 N–H and O–H groups in total. The number of rotatable bonds is 2. The predicted octanol–water partition coefficient (Wildman–Crippen LogP) is 7.45.